The molecule has 2 heterocycles. The van der Waals surface area contributed by atoms with Gasteiger partial charge in [0.2, 0.25) is 0 Å². The lowest BCUT2D eigenvalue weighted by Crippen LogP contribution is -2.41. The number of amides is 1. The maximum absolute atomic E-state index is 12.4. The SMILES string of the molecule is CNCC1CCCN1C(=O)c1ccc(C)n1C. The van der Waals surface area contributed by atoms with Gasteiger partial charge >= 0.3 is 0 Å². The van der Waals surface area contributed by atoms with Crippen molar-refractivity contribution >= 4 is 5.91 Å². The van der Waals surface area contributed by atoms with Crippen molar-refractivity contribution in [3.8, 4) is 0 Å². The van der Waals surface area contributed by atoms with Crippen LogP contribution in [0.3, 0.4) is 0 Å². The lowest BCUT2D eigenvalue weighted by molar-refractivity contribution is 0.0727. The van der Waals surface area contributed by atoms with Crippen LogP contribution in [0.25, 0.3) is 0 Å². The molecule has 0 saturated carbocycles. The van der Waals surface area contributed by atoms with E-state index >= 15 is 0 Å². The summed E-state index contributed by atoms with van der Waals surface area (Å²) >= 11 is 0. The zero-order valence-corrected chi connectivity index (χ0v) is 10.9. The van der Waals surface area contributed by atoms with E-state index in [1.807, 2.05) is 42.6 Å². The van der Waals surface area contributed by atoms with E-state index < -0.39 is 0 Å². The van der Waals surface area contributed by atoms with Gasteiger partial charge in [-0.3, -0.25) is 4.79 Å². The fourth-order valence-electron chi connectivity index (χ4n) is 2.53. The van der Waals surface area contributed by atoms with Crippen molar-refractivity contribution in [3.05, 3.63) is 23.5 Å². The molecule has 1 fully saturated rings. The largest absolute Gasteiger partial charge is 0.344 e. The molecular weight excluding hydrogens is 214 g/mol. The molecule has 0 aliphatic carbocycles. The summed E-state index contributed by atoms with van der Waals surface area (Å²) in [6.07, 6.45) is 2.22. The summed E-state index contributed by atoms with van der Waals surface area (Å²) in [6, 6.07) is 4.27. The van der Waals surface area contributed by atoms with E-state index in [4.69, 9.17) is 0 Å². The Bertz CT molecular complexity index is 411. The maximum Gasteiger partial charge on any atom is 0.270 e. The van der Waals surface area contributed by atoms with Crippen LogP contribution in [0, 0.1) is 6.92 Å². The van der Waals surface area contributed by atoms with Gasteiger partial charge < -0.3 is 14.8 Å². The number of likely N-dealkylation sites (N-methyl/N-ethyl adjacent to an activating group) is 1. The van der Waals surface area contributed by atoms with E-state index in [1.54, 1.807) is 0 Å². The van der Waals surface area contributed by atoms with E-state index in [-0.39, 0.29) is 5.91 Å². The van der Waals surface area contributed by atoms with Crippen LogP contribution in [-0.2, 0) is 7.05 Å². The standard InChI is InChI=1S/C13H21N3O/c1-10-6-7-12(15(10)3)13(17)16-8-4-5-11(16)9-14-2/h6-7,11,14H,4-5,8-9H2,1-3H3. The van der Waals surface area contributed by atoms with Gasteiger partial charge in [0.1, 0.15) is 5.69 Å². The van der Waals surface area contributed by atoms with E-state index in [1.165, 1.54) is 0 Å². The number of carbonyl (C=O) groups is 1. The molecule has 4 nitrogen and oxygen atoms in total. The Morgan fingerprint density at radius 2 is 2.29 bits per heavy atom. The summed E-state index contributed by atoms with van der Waals surface area (Å²) < 4.78 is 1.97. The molecule has 1 amide bonds. The van der Waals surface area contributed by atoms with Gasteiger partial charge in [-0.15, -0.1) is 0 Å². The van der Waals surface area contributed by atoms with Crippen LogP contribution in [-0.4, -0.2) is 41.6 Å². The number of nitrogens with zero attached hydrogens (tertiary/aromatic N) is 2. The quantitative estimate of drug-likeness (QED) is 0.853. The number of hydrogen-bond donors (Lipinski definition) is 1. The van der Waals surface area contributed by atoms with Crippen LogP contribution >= 0.6 is 0 Å². The van der Waals surface area contributed by atoms with Gasteiger partial charge in [0.15, 0.2) is 0 Å². The van der Waals surface area contributed by atoms with Crippen molar-refractivity contribution in [2.75, 3.05) is 20.1 Å². The Morgan fingerprint density at radius 1 is 1.53 bits per heavy atom. The lowest BCUT2D eigenvalue weighted by Gasteiger charge is -2.24. The second kappa shape index (κ2) is 4.92. The molecule has 0 bridgehead atoms. The third kappa shape index (κ3) is 2.22. The molecule has 1 aromatic rings. The highest BCUT2D eigenvalue weighted by Gasteiger charge is 2.29. The molecule has 4 heteroatoms. The van der Waals surface area contributed by atoms with Crippen LogP contribution in [0.2, 0.25) is 0 Å². The van der Waals surface area contributed by atoms with Crippen LogP contribution in [0.5, 0.6) is 0 Å². The summed E-state index contributed by atoms with van der Waals surface area (Å²) in [5.41, 5.74) is 1.92. The minimum absolute atomic E-state index is 0.165. The Hall–Kier alpha value is -1.29. The third-order valence-corrected chi connectivity index (χ3v) is 3.67. The van der Waals surface area contributed by atoms with Gasteiger partial charge in [-0.1, -0.05) is 0 Å². The highest BCUT2D eigenvalue weighted by Crippen LogP contribution is 2.20. The molecule has 1 unspecified atom stereocenters. The van der Waals surface area contributed by atoms with Gasteiger partial charge in [0.25, 0.3) is 5.91 Å². The highest BCUT2D eigenvalue weighted by atomic mass is 16.2. The smallest absolute Gasteiger partial charge is 0.270 e. The average Bonchev–Trinajstić information content (AvgIpc) is 2.88. The lowest BCUT2D eigenvalue weighted by atomic mass is 10.2. The zero-order valence-electron chi connectivity index (χ0n) is 10.9. The Labute approximate surface area is 103 Å². The number of nitrogens with one attached hydrogen (secondary N) is 1. The zero-order chi connectivity index (χ0) is 12.4. The van der Waals surface area contributed by atoms with E-state index in [0.717, 1.165) is 37.3 Å². The number of likely N-dealkylation sites (tertiary alicyclic amines) is 1. The first-order valence-electron chi connectivity index (χ1n) is 6.23. The summed E-state index contributed by atoms with van der Waals surface area (Å²) in [5.74, 6) is 0.165. The molecule has 1 N–H and O–H groups in total. The van der Waals surface area contributed by atoms with Crippen molar-refractivity contribution in [1.29, 1.82) is 0 Å². The predicted molar refractivity (Wildman–Crippen MR) is 68.1 cm³/mol. The molecule has 0 spiro atoms. The average molecular weight is 235 g/mol. The van der Waals surface area contributed by atoms with Crippen molar-refractivity contribution < 1.29 is 4.79 Å². The second-order valence-electron chi connectivity index (χ2n) is 4.77. The number of carbonyl (C=O) groups excluding carboxylic acids is 1. The van der Waals surface area contributed by atoms with E-state index in [0.29, 0.717) is 6.04 Å². The van der Waals surface area contributed by atoms with Crippen LogP contribution < -0.4 is 5.32 Å². The molecule has 1 saturated heterocycles. The summed E-state index contributed by atoms with van der Waals surface area (Å²) in [6.45, 7) is 3.79. The van der Waals surface area contributed by atoms with E-state index in [2.05, 4.69) is 5.32 Å². The maximum atomic E-state index is 12.4. The molecule has 94 valence electrons. The van der Waals surface area contributed by atoms with Crippen LogP contribution in [0.15, 0.2) is 12.1 Å². The third-order valence-electron chi connectivity index (χ3n) is 3.67. The molecule has 1 aliphatic rings. The molecule has 2 rings (SSSR count). The second-order valence-corrected chi connectivity index (χ2v) is 4.77. The fourth-order valence-corrected chi connectivity index (χ4v) is 2.53. The summed E-state index contributed by atoms with van der Waals surface area (Å²) in [7, 11) is 3.89. The minimum atomic E-state index is 0.165. The van der Waals surface area contributed by atoms with Gasteiger partial charge in [-0.2, -0.15) is 0 Å². The van der Waals surface area contributed by atoms with Crippen molar-refractivity contribution in [1.82, 2.24) is 14.8 Å². The molecular formula is C13H21N3O. The Kier molecular flexibility index (Phi) is 3.52. The van der Waals surface area contributed by atoms with E-state index in [9.17, 15) is 4.79 Å². The van der Waals surface area contributed by atoms with Gasteiger partial charge in [-0.05, 0) is 38.9 Å². The molecule has 1 aliphatic heterocycles. The summed E-state index contributed by atoms with van der Waals surface area (Å²) in [4.78, 5) is 14.4. The highest BCUT2D eigenvalue weighted by molar-refractivity contribution is 5.93. The normalized spacial score (nSPS) is 19.9. The first-order chi connectivity index (χ1) is 8.15. The fraction of sp³-hybridized carbons (Fsp3) is 0.615. The molecule has 0 radical (unpaired) electrons. The Morgan fingerprint density at radius 3 is 2.88 bits per heavy atom. The van der Waals surface area contributed by atoms with Gasteiger partial charge in [0.05, 0.1) is 0 Å². The van der Waals surface area contributed by atoms with Crippen LogP contribution in [0.1, 0.15) is 29.0 Å². The number of aromatic nitrogens is 1. The first kappa shape index (κ1) is 12.2. The van der Waals surface area contributed by atoms with Crippen molar-refractivity contribution in [2.45, 2.75) is 25.8 Å². The Balaban J connectivity index is 2.17. The molecule has 17 heavy (non-hydrogen) atoms. The topological polar surface area (TPSA) is 37.3 Å². The van der Waals surface area contributed by atoms with Crippen molar-refractivity contribution in [3.63, 3.8) is 0 Å². The molecule has 0 aromatic carbocycles. The molecule has 1 aromatic heterocycles. The molecule has 1 atom stereocenters. The number of aryl methyl sites for hydroxylation is 1. The van der Waals surface area contributed by atoms with Gasteiger partial charge in [0, 0.05) is 31.9 Å². The monoisotopic (exact) mass is 235 g/mol. The van der Waals surface area contributed by atoms with Crippen LogP contribution in [0.4, 0.5) is 0 Å². The summed E-state index contributed by atoms with van der Waals surface area (Å²) in [5, 5.41) is 3.17. The number of rotatable bonds is 3. The van der Waals surface area contributed by atoms with Crippen molar-refractivity contribution in [2.24, 2.45) is 7.05 Å². The first-order valence-corrected chi connectivity index (χ1v) is 6.23. The number of hydrogen-bond acceptors (Lipinski definition) is 2. The van der Waals surface area contributed by atoms with Gasteiger partial charge in [-0.25, -0.2) is 0 Å². The minimum Gasteiger partial charge on any atom is -0.344 e. The predicted octanol–water partition coefficient (Wildman–Crippen LogP) is 1.16.